The Morgan fingerprint density at radius 1 is 1.27 bits per heavy atom. The number of nitrogens with one attached hydrogen (secondary N) is 2. The number of hydrogen-bond donors (Lipinski definition) is 2. The average Bonchev–Trinajstić information content (AvgIpc) is 3.09. The zero-order valence-electron chi connectivity index (χ0n) is 16.1. The van der Waals surface area contributed by atoms with Crippen molar-refractivity contribution in [3.8, 4) is 0 Å². The zero-order chi connectivity index (χ0) is 22.5. The van der Waals surface area contributed by atoms with Gasteiger partial charge in [0.2, 0.25) is 5.91 Å². The molecule has 12 heteroatoms. The van der Waals surface area contributed by atoms with Crippen molar-refractivity contribution in [2.45, 2.75) is 51.1 Å². The minimum Gasteiger partial charge on any atom is -0.443 e. The first-order valence-electron chi connectivity index (χ1n) is 8.99. The van der Waals surface area contributed by atoms with Crippen LogP contribution in [0.25, 0.3) is 10.2 Å². The minimum absolute atomic E-state index is 0.157. The standard InChI is InChI=1S/C18H20F5N3O3S/c1-3-4-12(26-17(28)29-8-18(22,23)16(20)21)14(27)24-9(2)15-25-11-6-5-10(19)7-13(11)30-15/h5-7,9,12,16H,3-4,8H2,1-2H3,(H,24,27)(H,26,28)/t9-,12+/m1/s1. The normalized spacial score (nSPS) is 13.9. The van der Waals surface area contributed by atoms with E-state index >= 15 is 0 Å². The van der Waals surface area contributed by atoms with Crippen molar-refractivity contribution < 1.29 is 36.3 Å². The Hall–Kier alpha value is -2.50. The lowest BCUT2D eigenvalue weighted by molar-refractivity contribution is -0.154. The number of hydrogen-bond acceptors (Lipinski definition) is 5. The van der Waals surface area contributed by atoms with Crippen LogP contribution in [0, 0.1) is 5.82 Å². The van der Waals surface area contributed by atoms with E-state index in [0.717, 1.165) is 0 Å². The van der Waals surface area contributed by atoms with Gasteiger partial charge in [-0.1, -0.05) is 13.3 Å². The second kappa shape index (κ2) is 10.0. The van der Waals surface area contributed by atoms with Gasteiger partial charge in [-0.25, -0.2) is 22.9 Å². The Kier molecular flexibility index (Phi) is 7.93. The van der Waals surface area contributed by atoms with Gasteiger partial charge in [0, 0.05) is 0 Å². The fourth-order valence-corrected chi connectivity index (χ4v) is 3.44. The lowest BCUT2D eigenvalue weighted by Crippen LogP contribution is -2.48. The van der Waals surface area contributed by atoms with Gasteiger partial charge in [-0.15, -0.1) is 11.3 Å². The molecule has 2 N–H and O–H groups in total. The van der Waals surface area contributed by atoms with Crippen molar-refractivity contribution in [3.63, 3.8) is 0 Å². The van der Waals surface area contributed by atoms with Crippen LogP contribution in [-0.4, -0.2) is 42.0 Å². The second-order valence-electron chi connectivity index (χ2n) is 6.52. The van der Waals surface area contributed by atoms with Crippen molar-refractivity contribution in [1.82, 2.24) is 15.6 Å². The second-order valence-corrected chi connectivity index (χ2v) is 7.58. The molecule has 6 nitrogen and oxygen atoms in total. The van der Waals surface area contributed by atoms with Gasteiger partial charge in [-0.3, -0.25) is 4.79 Å². The van der Waals surface area contributed by atoms with Crippen molar-refractivity contribution >= 4 is 33.6 Å². The van der Waals surface area contributed by atoms with Gasteiger partial charge < -0.3 is 15.4 Å². The summed E-state index contributed by atoms with van der Waals surface area (Å²) in [5.74, 6) is -5.54. The molecule has 0 aliphatic rings. The number of ether oxygens (including phenoxy) is 1. The fraction of sp³-hybridized carbons (Fsp3) is 0.500. The molecule has 0 aliphatic carbocycles. The maximum Gasteiger partial charge on any atom is 0.408 e. The monoisotopic (exact) mass is 453 g/mol. The molecule has 0 spiro atoms. The number of carbonyl (C=O) groups is 2. The van der Waals surface area contributed by atoms with E-state index in [2.05, 4.69) is 20.4 Å². The van der Waals surface area contributed by atoms with E-state index in [1.54, 1.807) is 13.8 Å². The van der Waals surface area contributed by atoms with E-state index in [9.17, 15) is 31.5 Å². The Bertz CT molecular complexity index is 893. The summed E-state index contributed by atoms with van der Waals surface area (Å²) in [5.41, 5.74) is 0.560. The Labute approximate surface area is 172 Å². The lowest BCUT2D eigenvalue weighted by atomic mass is 10.1. The molecule has 0 saturated heterocycles. The molecule has 2 amide bonds. The zero-order valence-corrected chi connectivity index (χ0v) is 16.9. The van der Waals surface area contributed by atoms with Crippen LogP contribution in [0.2, 0.25) is 0 Å². The average molecular weight is 453 g/mol. The van der Waals surface area contributed by atoms with Crippen molar-refractivity contribution in [1.29, 1.82) is 0 Å². The highest BCUT2D eigenvalue weighted by Crippen LogP contribution is 2.27. The van der Waals surface area contributed by atoms with E-state index in [0.29, 0.717) is 21.6 Å². The summed E-state index contributed by atoms with van der Waals surface area (Å²) in [6.07, 6.45) is -4.78. The van der Waals surface area contributed by atoms with Gasteiger partial charge in [-0.2, -0.15) is 8.78 Å². The van der Waals surface area contributed by atoms with E-state index in [1.807, 2.05) is 0 Å². The molecule has 0 radical (unpaired) electrons. The number of amides is 2. The number of aromatic nitrogens is 1. The first-order valence-corrected chi connectivity index (χ1v) is 9.80. The Morgan fingerprint density at radius 3 is 2.60 bits per heavy atom. The highest BCUT2D eigenvalue weighted by atomic mass is 32.1. The van der Waals surface area contributed by atoms with Crippen molar-refractivity contribution in [3.05, 3.63) is 29.0 Å². The molecule has 1 aromatic heterocycles. The molecular weight excluding hydrogens is 433 g/mol. The van der Waals surface area contributed by atoms with Crippen LogP contribution in [0.5, 0.6) is 0 Å². The van der Waals surface area contributed by atoms with Gasteiger partial charge in [0.25, 0.3) is 0 Å². The molecule has 0 fully saturated rings. The summed E-state index contributed by atoms with van der Waals surface area (Å²) in [6.45, 7) is 1.55. The molecule has 1 aromatic carbocycles. The molecule has 0 bridgehead atoms. The summed E-state index contributed by atoms with van der Waals surface area (Å²) in [4.78, 5) is 28.5. The Morgan fingerprint density at radius 2 is 1.97 bits per heavy atom. The van der Waals surface area contributed by atoms with Crippen LogP contribution in [0.1, 0.15) is 37.7 Å². The minimum atomic E-state index is -4.49. The lowest BCUT2D eigenvalue weighted by Gasteiger charge is -2.21. The van der Waals surface area contributed by atoms with Crippen molar-refractivity contribution in [2.24, 2.45) is 0 Å². The van der Waals surface area contributed by atoms with Gasteiger partial charge in [-0.05, 0) is 31.5 Å². The SMILES string of the molecule is CCC[C@H](NC(=O)OCC(F)(F)C(F)F)C(=O)N[C@H](C)c1nc2ccc(F)cc2s1. The Balaban J connectivity index is 1.98. The predicted octanol–water partition coefficient (Wildman–Crippen LogP) is 4.41. The molecule has 30 heavy (non-hydrogen) atoms. The summed E-state index contributed by atoms with van der Waals surface area (Å²) in [6, 6.07) is 2.37. The van der Waals surface area contributed by atoms with Gasteiger partial charge in [0.1, 0.15) is 16.9 Å². The van der Waals surface area contributed by atoms with Crippen LogP contribution >= 0.6 is 11.3 Å². The molecule has 0 aliphatic heterocycles. The number of alkyl carbamates (subject to hydrolysis) is 1. The third-order valence-corrected chi connectivity index (χ3v) is 5.20. The largest absolute Gasteiger partial charge is 0.443 e. The molecule has 1 heterocycles. The first-order chi connectivity index (χ1) is 14.0. The van der Waals surface area contributed by atoms with E-state index < -0.39 is 48.9 Å². The molecule has 2 rings (SSSR count). The first kappa shape index (κ1) is 23.8. The third kappa shape index (κ3) is 6.25. The van der Waals surface area contributed by atoms with Crippen molar-refractivity contribution in [2.75, 3.05) is 6.61 Å². The van der Waals surface area contributed by atoms with Gasteiger partial charge >= 0.3 is 18.4 Å². The summed E-state index contributed by atoms with van der Waals surface area (Å²) in [7, 11) is 0. The van der Waals surface area contributed by atoms with Crippen LogP contribution in [-0.2, 0) is 9.53 Å². The number of benzene rings is 1. The number of rotatable bonds is 9. The van der Waals surface area contributed by atoms with Crippen LogP contribution in [0.3, 0.4) is 0 Å². The fourth-order valence-electron chi connectivity index (χ4n) is 2.44. The highest BCUT2D eigenvalue weighted by Gasteiger charge is 2.42. The number of alkyl halides is 4. The maximum atomic E-state index is 13.3. The number of nitrogens with zero attached hydrogens (tertiary/aromatic N) is 1. The quantitative estimate of drug-likeness (QED) is 0.552. The molecular formula is C18H20F5N3O3S. The summed E-state index contributed by atoms with van der Waals surface area (Å²) in [5, 5.41) is 5.23. The smallest absolute Gasteiger partial charge is 0.408 e. The van der Waals surface area contributed by atoms with E-state index in [4.69, 9.17) is 0 Å². The molecule has 2 atom stereocenters. The number of halogens is 5. The van der Waals surface area contributed by atoms with Crippen LogP contribution in [0.15, 0.2) is 18.2 Å². The molecule has 2 aromatic rings. The summed E-state index contributed by atoms with van der Waals surface area (Å²) >= 11 is 1.18. The van der Waals surface area contributed by atoms with E-state index in [1.165, 1.54) is 29.5 Å². The molecule has 0 saturated carbocycles. The molecule has 0 unspecified atom stereocenters. The maximum absolute atomic E-state index is 13.3. The number of fused-ring (bicyclic) bond motifs is 1. The van der Waals surface area contributed by atoms with E-state index in [-0.39, 0.29) is 6.42 Å². The van der Waals surface area contributed by atoms with Crippen LogP contribution in [0.4, 0.5) is 26.7 Å². The van der Waals surface area contributed by atoms with Gasteiger partial charge in [0.05, 0.1) is 16.3 Å². The third-order valence-electron chi connectivity index (χ3n) is 4.00. The molecule has 166 valence electrons. The van der Waals surface area contributed by atoms with Crippen LogP contribution < -0.4 is 10.6 Å². The predicted molar refractivity (Wildman–Crippen MR) is 100 cm³/mol. The topological polar surface area (TPSA) is 80.3 Å². The van der Waals surface area contributed by atoms with Gasteiger partial charge in [0.15, 0.2) is 6.61 Å². The number of thiazole rings is 1. The number of carbonyl (C=O) groups excluding carboxylic acids is 2. The summed E-state index contributed by atoms with van der Waals surface area (Å²) < 4.78 is 68.0. The highest BCUT2D eigenvalue weighted by molar-refractivity contribution is 7.18.